The number of hydrogen-bond donors (Lipinski definition) is 2. The van der Waals surface area contributed by atoms with Crippen LogP contribution < -0.4 is 14.8 Å². The van der Waals surface area contributed by atoms with Crippen molar-refractivity contribution in [2.75, 3.05) is 14.2 Å². The summed E-state index contributed by atoms with van der Waals surface area (Å²) in [5, 5.41) is 4.65. The van der Waals surface area contributed by atoms with Crippen LogP contribution >= 0.6 is 11.3 Å². The van der Waals surface area contributed by atoms with Crippen molar-refractivity contribution in [2.45, 2.75) is 18.0 Å². The Bertz CT molecular complexity index is 696. The van der Waals surface area contributed by atoms with E-state index in [1.165, 1.54) is 11.3 Å². The van der Waals surface area contributed by atoms with Crippen LogP contribution in [0.3, 0.4) is 0 Å². The number of rotatable bonds is 7. The maximum Gasteiger partial charge on any atom is 0.241 e. The van der Waals surface area contributed by atoms with Gasteiger partial charge in [-0.3, -0.25) is 0 Å². The molecule has 7 heteroatoms. The number of methoxy groups -OCH3 is 1. The maximum absolute atomic E-state index is 12.3. The fourth-order valence-electron chi connectivity index (χ4n) is 1.87. The standard InChI is InChI=1S/C14H18N2O3S2/c1-15-9-12-7-13(10-20-12)21(17,18)16-8-11-5-3-4-6-14(11)19-2/h3-7,10,15-16H,8-9H2,1-2H3. The van der Waals surface area contributed by atoms with Crippen molar-refractivity contribution in [1.29, 1.82) is 0 Å². The third kappa shape index (κ3) is 4.04. The van der Waals surface area contributed by atoms with E-state index >= 15 is 0 Å². The summed E-state index contributed by atoms with van der Waals surface area (Å²) in [5.74, 6) is 0.668. The Labute approximate surface area is 129 Å². The highest BCUT2D eigenvalue weighted by Gasteiger charge is 2.16. The minimum absolute atomic E-state index is 0.198. The Hall–Kier alpha value is -1.41. The number of sulfonamides is 1. The highest BCUT2D eigenvalue weighted by Crippen LogP contribution is 2.21. The van der Waals surface area contributed by atoms with Crippen molar-refractivity contribution in [1.82, 2.24) is 10.0 Å². The van der Waals surface area contributed by atoms with E-state index in [1.54, 1.807) is 24.6 Å². The van der Waals surface area contributed by atoms with Gasteiger partial charge in [-0.05, 0) is 19.2 Å². The molecule has 0 amide bonds. The predicted octanol–water partition coefficient (Wildman–Crippen LogP) is 1.95. The molecule has 1 aromatic heterocycles. The second kappa shape index (κ2) is 7.04. The molecule has 1 aromatic carbocycles. The second-order valence-corrected chi connectivity index (χ2v) is 7.18. The molecule has 114 valence electrons. The van der Waals surface area contributed by atoms with Crippen LogP contribution in [0.5, 0.6) is 5.75 Å². The molecule has 0 bridgehead atoms. The molecule has 5 nitrogen and oxygen atoms in total. The number of ether oxygens (including phenoxy) is 1. The van der Waals surface area contributed by atoms with E-state index in [9.17, 15) is 8.42 Å². The lowest BCUT2D eigenvalue weighted by molar-refractivity contribution is 0.409. The molecule has 1 heterocycles. The number of hydrogen-bond acceptors (Lipinski definition) is 5. The van der Waals surface area contributed by atoms with E-state index in [-0.39, 0.29) is 6.54 Å². The van der Waals surface area contributed by atoms with Crippen LogP contribution in [0, 0.1) is 0 Å². The molecule has 0 aliphatic carbocycles. The highest BCUT2D eigenvalue weighted by molar-refractivity contribution is 7.89. The van der Waals surface area contributed by atoms with Crippen LogP contribution in [0.2, 0.25) is 0 Å². The Morgan fingerprint density at radius 3 is 2.71 bits per heavy atom. The molecule has 21 heavy (non-hydrogen) atoms. The van der Waals surface area contributed by atoms with Gasteiger partial charge < -0.3 is 10.1 Å². The first-order valence-electron chi connectivity index (χ1n) is 6.40. The topological polar surface area (TPSA) is 67.4 Å². The second-order valence-electron chi connectivity index (χ2n) is 4.42. The van der Waals surface area contributed by atoms with Crippen molar-refractivity contribution in [3.05, 3.63) is 46.2 Å². The van der Waals surface area contributed by atoms with Crippen LogP contribution in [-0.4, -0.2) is 22.6 Å². The minimum atomic E-state index is -3.50. The lowest BCUT2D eigenvalue weighted by Crippen LogP contribution is -2.23. The average molecular weight is 326 g/mol. The zero-order chi connectivity index (χ0) is 15.3. The average Bonchev–Trinajstić information content (AvgIpc) is 2.95. The summed E-state index contributed by atoms with van der Waals surface area (Å²) in [6.07, 6.45) is 0. The van der Waals surface area contributed by atoms with Gasteiger partial charge in [0.1, 0.15) is 5.75 Å². The minimum Gasteiger partial charge on any atom is -0.496 e. The molecule has 0 unspecified atom stereocenters. The largest absolute Gasteiger partial charge is 0.496 e. The highest BCUT2D eigenvalue weighted by atomic mass is 32.2. The number of nitrogens with one attached hydrogen (secondary N) is 2. The zero-order valence-corrected chi connectivity index (χ0v) is 13.6. The normalized spacial score (nSPS) is 11.5. The molecule has 0 aliphatic heterocycles. The van der Waals surface area contributed by atoms with Crippen LogP contribution in [0.15, 0.2) is 40.6 Å². The van der Waals surface area contributed by atoms with Crippen molar-refractivity contribution in [2.24, 2.45) is 0 Å². The summed E-state index contributed by atoms with van der Waals surface area (Å²) < 4.78 is 32.3. The smallest absolute Gasteiger partial charge is 0.241 e. The van der Waals surface area contributed by atoms with Gasteiger partial charge in [-0.15, -0.1) is 11.3 Å². The summed E-state index contributed by atoms with van der Waals surface area (Å²) in [6.45, 7) is 0.857. The summed E-state index contributed by atoms with van der Waals surface area (Å²) >= 11 is 1.42. The third-order valence-corrected chi connectivity index (χ3v) is 5.40. The van der Waals surface area contributed by atoms with Gasteiger partial charge in [0.2, 0.25) is 10.0 Å². The van der Waals surface area contributed by atoms with Gasteiger partial charge in [0.15, 0.2) is 0 Å². The molecule has 2 N–H and O–H groups in total. The first kappa shape index (κ1) is 16.0. The molecule has 0 fully saturated rings. The van der Waals surface area contributed by atoms with E-state index in [4.69, 9.17) is 4.74 Å². The summed E-state index contributed by atoms with van der Waals surface area (Å²) in [6, 6.07) is 9.02. The van der Waals surface area contributed by atoms with E-state index in [1.807, 2.05) is 25.2 Å². The van der Waals surface area contributed by atoms with Crippen molar-refractivity contribution in [3.8, 4) is 5.75 Å². The SMILES string of the molecule is CNCc1cc(S(=O)(=O)NCc2ccccc2OC)cs1. The van der Waals surface area contributed by atoms with Crippen molar-refractivity contribution < 1.29 is 13.2 Å². The molecule has 0 atom stereocenters. The van der Waals surface area contributed by atoms with Crippen molar-refractivity contribution >= 4 is 21.4 Å². The predicted molar refractivity (Wildman–Crippen MR) is 84.1 cm³/mol. The molecule has 0 aliphatic rings. The van der Waals surface area contributed by atoms with E-state index < -0.39 is 10.0 Å². The Balaban J connectivity index is 2.10. The zero-order valence-electron chi connectivity index (χ0n) is 11.9. The quantitative estimate of drug-likeness (QED) is 0.816. The van der Waals surface area contributed by atoms with Gasteiger partial charge in [-0.25, -0.2) is 13.1 Å². The lowest BCUT2D eigenvalue weighted by atomic mass is 10.2. The summed E-state index contributed by atoms with van der Waals surface area (Å²) in [7, 11) is -0.111. The summed E-state index contributed by atoms with van der Waals surface area (Å²) in [4.78, 5) is 1.28. The molecule has 0 saturated heterocycles. The number of benzene rings is 1. The van der Waals surface area contributed by atoms with Gasteiger partial charge in [0.25, 0.3) is 0 Å². The molecular formula is C14H18N2O3S2. The first-order chi connectivity index (χ1) is 10.1. The number of thiophene rings is 1. The van der Waals surface area contributed by atoms with E-state index in [0.29, 0.717) is 17.2 Å². The van der Waals surface area contributed by atoms with E-state index in [2.05, 4.69) is 10.0 Å². The van der Waals surface area contributed by atoms with Gasteiger partial charge in [-0.2, -0.15) is 0 Å². The van der Waals surface area contributed by atoms with Gasteiger partial charge >= 0.3 is 0 Å². The molecule has 2 rings (SSSR count). The fourth-order valence-corrected chi connectivity index (χ4v) is 4.17. The van der Waals surface area contributed by atoms with Gasteiger partial charge in [0.05, 0.1) is 12.0 Å². The Morgan fingerprint density at radius 2 is 2.00 bits per heavy atom. The van der Waals surface area contributed by atoms with Crippen LogP contribution in [-0.2, 0) is 23.1 Å². The molecule has 0 radical (unpaired) electrons. The molecule has 2 aromatic rings. The third-order valence-electron chi connectivity index (χ3n) is 2.94. The fraction of sp³-hybridized carbons (Fsp3) is 0.286. The monoisotopic (exact) mass is 326 g/mol. The number of para-hydroxylation sites is 1. The Morgan fingerprint density at radius 1 is 1.24 bits per heavy atom. The van der Waals surface area contributed by atoms with Crippen LogP contribution in [0.4, 0.5) is 0 Å². The molecule has 0 saturated carbocycles. The maximum atomic E-state index is 12.3. The molecule has 0 spiro atoms. The molecular weight excluding hydrogens is 308 g/mol. The van der Waals surface area contributed by atoms with Crippen LogP contribution in [0.1, 0.15) is 10.4 Å². The van der Waals surface area contributed by atoms with E-state index in [0.717, 1.165) is 10.4 Å². The van der Waals surface area contributed by atoms with Crippen molar-refractivity contribution in [3.63, 3.8) is 0 Å². The lowest BCUT2D eigenvalue weighted by Gasteiger charge is -2.09. The first-order valence-corrected chi connectivity index (χ1v) is 8.76. The summed E-state index contributed by atoms with van der Waals surface area (Å²) in [5.41, 5.74) is 0.800. The van der Waals surface area contributed by atoms with Gasteiger partial charge in [0, 0.05) is 28.9 Å². The van der Waals surface area contributed by atoms with Gasteiger partial charge in [-0.1, -0.05) is 18.2 Å². The van der Waals surface area contributed by atoms with Crippen LogP contribution in [0.25, 0.3) is 0 Å². The Kier molecular flexibility index (Phi) is 5.35.